The molecule has 0 amide bonds. The van der Waals surface area contributed by atoms with Crippen molar-refractivity contribution in [3.63, 3.8) is 0 Å². The number of anilines is 1. The standard InChI is InChI=1S/C9H10N2O4S/c1-15-8(12)5-16-7-4-2-3-6(10)9(7)11(13)14/h2-4H,5,10H2,1H3. The van der Waals surface area contributed by atoms with Gasteiger partial charge in [-0.3, -0.25) is 14.9 Å². The van der Waals surface area contributed by atoms with E-state index in [0.29, 0.717) is 4.90 Å². The lowest BCUT2D eigenvalue weighted by Crippen LogP contribution is -2.04. The van der Waals surface area contributed by atoms with E-state index in [0.717, 1.165) is 11.8 Å². The first-order valence-electron chi connectivity index (χ1n) is 4.28. The number of ether oxygens (including phenoxy) is 1. The minimum atomic E-state index is -0.561. The van der Waals surface area contributed by atoms with Crippen molar-refractivity contribution in [1.82, 2.24) is 0 Å². The third-order valence-electron chi connectivity index (χ3n) is 1.79. The van der Waals surface area contributed by atoms with Crippen molar-refractivity contribution in [3.8, 4) is 0 Å². The van der Waals surface area contributed by atoms with E-state index in [2.05, 4.69) is 4.74 Å². The van der Waals surface area contributed by atoms with Crippen molar-refractivity contribution in [1.29, 1.82) is 0 Å². The zero-order valence-corrected chi connectivity index (χ0v) is 9.32. The van der Waals surface area contributed by atoms with Gasteiger partial charge in [0, 0.05) is 0 Å². The summed E-state index contributed by atoms with van der Waals surface area (Å²) in [5.74, 6) is -0.428. The summed E-state index contributed by atoms with van der Waals surface area (Å²) in [6, 6.07) is 4.59. The van der Waals surface area contributed by atoms with Gasteiger partial charge in [0.15, 0.2) is 0 Å². The van der Waals surface area contributed by atoms with Crippen LogP contribution in [-0.2, 0) is 9.53 Å². The van der Waals surface area contributed by atoms with Gasteiger partial charge in [-0.05, 0) is 12.1 Å². The van der Waals surface area contributed by atoms with Crippen LogP contribution in [0.5, 0.6) is 0 Å². The Bertz CT molecular complexity index is 422. The highest BCUT2D eigenvalue weighted by Crippen LogP contribution is 2.33. The molecule has 6 nitrogen and oxygen atoms in total. The lowest BCUT2D eigenvalue weighted by molar-refractivity contribution is -0.386. The monoisotopic (exact) mass is 242 g/mol. The van der Waals surface area contributed by atoms with Gasteiger partial charge in [0.05, 0.1) is 22.7 Å². The molecule has 1 aromatic carbocycles. The summed E-state index contributed by atoms with van der Waals surface area (Å²) >= 11 is 1.03. The van der Waals surface area contributed by atoms with Crippen molar-refractivity contribution in [3.05, 3.63) is 28.3 Å². The molecule has 0 radical (unpaired) electrons. The molecule has 0 spiro atoms. The molecule has 0 bridgehead atoms. The molecular formula is C9H10N2O4S. The first-order valence-corrected chi connectivity index (χ1v) is 5.27. The second-order valence-electron chi connectivity index (χ2n) is 2.82. The molecule has 16 heavy (non-hydrogen) atoms. The maximum Gasteiger partial charge on any atom is 0.315 e. The number of carbonyl (C=O) groups excluding carboxylic acids is 1. The number of carbonyl (C=O) groups is 1. The molecule has 0 fully saturated rings. The molecule has 0 saturated carbocycles. The molecule has 0 aliphatic heterocycles. The van der Waals surface area contributed by atoms with Crippen LogP contribution in [0.15, 0.2) is 23.1 Å². The number of para-hydroxylation sites is 1. The Morgan fingerprint density at radius 3 is 2.88 bits per heavy atom. The van der Waals surface area contributed by atoms with Crippen LogP contribution >= 0.6 is 11.8 Å². The molecule has 0 atom stereocenters. The van der Waals surface area contributed by atoms with Crippen LogP contribution in [0.3, 0.4) is 0 Å². The Labute approximate surface area is 95.9 Å². The third-order valence-corrected chi connectivity index (χ3v) is 2.81. The maximum absolute atomic E-state index is 10.9. The molecule has 86 valence electrons. The summed E-state index contributed by atoms with van der Waals surface area (Å²) in [6.45, 7) is 0. The first-order chi connectivity index (χ1) is 7.56. The van der Waals surface area contributed by atoms with Gasteiger partial charge in [0.1, 0.15) is 5.69 Å². The number of esters is 1. The van der Waals surface area contributed by atoms with Crippen LogP contribution in [0.2, 0.25) is 0 Å². The largest absolute Gasteiger partial charge is 0.468 e. The van der Waals surface area contributed by atoms with E-state index in [9.17, 15) is 14.9 Å². The smallest absolute Gasteiger partial charge is 0.315 e. The summed E-state index contributed by atoms with van der Waals surface area (Å²) < 4.78 is 4.44. The highest BCUT2D eigenvalue weighted by molar-refractivity contribution is 8.00. The van der Waals surface area contributed by atoms with Crippen LogP contribution in [0, 0.1) is 10.1 Å². The third kappa shape index (κ3) is 2.86. The average Bonchev–Trinajstić information content (AvgIpc) is 2.25. The number of nitro groups is 1. The average molecular weight is 242 g/mol. The van der Waals surface area contributed by atoms with Gasteiger partial charge in [0.25, 0.3) is 0 Å². The van der Waals surface area contributed by atoms with Crippen molar-refractivity contribution >= 4 is 29.1 Å². The zero-order valence-electron chi connectivity index (χ0n) is 8.50. The molecule has 0 unspecified atom stereocenters. The van der Waals surface area contributed by atoms with E-state index >= 15 is 0 Å². The Hall–Kier alpha value is -1.76. The van der Waals surface area contributed by atoms with E-state index in [-0.39, 0.29) is 17.1 Å². The number of nitrogen functional groups attached to an aromatic ring is 1. The molecule has 0 aromatic heterocycles. The summed E-state index contributed by atoms with van der Waals surface area (Å²) in [5, 5.41) is 10.8. The van der Waals surface area contributed by atoms with Crippen molar-refractivity contribution < 1.29 is 14.5 Å². The lowest BCUT2D eigenvalue weighted by atomic mass is 10.3. The van der Waals surface area contributed by atoms with E-state index < -0.39 is 10.9 Å². The second-order valence-corrected chi connectivity index (χ2v) is 3.83. The second kappa shape index (κ2) is 5.36. The number of thioether (sulfide) groups is 1. The van der Waals surface area contributed by atoms with Crippen molar-refractivity contribution in [2.45, 2.75) is 4.90 Å². The SMILES string of the molecule is COC(=O)CSc1cccc(N)c1[N+](=O)[O-]. The molecule has 7 heteroatoms. The lowest BCUT2D eigenvalue weighted by Gasteiger charge is -2.03. The van der Waals surface area contributed by atoms with Gasteiger partial charge in [0.2, 0.25) is 0 Å². The molecule has 1 rings (SSSR count). The molecular weight excluding hydrogens is 232 g/mol. The van der Waals surface area contributed by atoms with E-state index in [1.807, 2.05) is 0 Å². The first kappa shape index (κ1) is 12.3. The zero-order chi connectivity index (χ0) is 12.1. The number of hydrogen-bond acceptors (Lipinski definition) is 6. The molecule has 0 heterocycles. The Balaban J connectivity index is 2.91. The van der Waals surface area contributed by atoms with Crippen molar-refractivity contribution in [2.24, 2.45) is 0 Å². The number of benzene rings is 1. The Kier molecular flexibility index (Phi) is 4.12. The van der Waals surface area contributed by atoms with Crippen molar-refractivity contribution in [2.75, 3.05) is 18.6 Å². The fraction of sp³-hybridized carbons (Fsp3) is 0.222. The number of methoxy groups -OCH3 is 1. The summed E-state index contributed by atoms with van der Waals surface area (Å²) in [6.07, 6.45) is 0. The van der Waals surface area contributed by atoms with Crippen LogP contribution in [0.1, 0.15) is 0 Å². The molecule has 0 aliphatic rings. The van der Waals surface area contributed by atoms with Gasteiger partial charge >= 0.3 is 11.7 Å². The fourth-order valence-corrected chi connectivity index (χ4v) is 1.94. The molecule has 0 saturated heterocycles. The number of nitro benzene ring substituents is 1. The number of nitrogens with two attached hydrogens (primary N) is 1. The van der Waals surface area contributed by atoms with E-state index in [1.54, 1.807) is 12.1 Å². The van der Waals surface area contributed by atoms with Crippen LogP contribution in [0.4, 0.5) is 11.4 Å². The number of hydrogen-bond donors (Lipinski definition) is 1. The quantitative estimate of drug-likeness (QED) is 0.282. The Morgan fingerprint density at radius 1 is 1.62 bits per heavy atom. The fourth-order valence-electron chi connectivity index (χ4n) is 1.05. The molecule has 0 aliphatic carbocycles. The molecule has 2 N–H and O–H groups in total. The highest BCUT2D eigenvalue weighted by atomic mass is 32.2. The van der Waals surface area contributed by atoms with Crippen LogP contribution < -0.4 is 5.73 Å². The summed E-state index contributed by atoms with van der Waals surface area (Å²) in [5.41, 5.74) is 5.40. The van der Waals surface area contributed by atoms with E-state index in [1.165, 1.54) is 13.2 Å². The minimum Gasteiger partial charge on any atom is -0.468 e. The Morgan fingerprint density at radius 2 is 2.31 bits per heavy atom. The number of nitrogens with zero attached hydrogens (tertiary/aromatic N) is 1. The normalized spacial score (nSPS) is 9.81. The number of rotatable bonds is 4. The molecule has 1 aromatic rings. The van der Waals surface area contributed by atoms with E-state index in [4.69, 9.17) is 5.73 Å². The van der Waals surface area contributed by atoms with Gasteiger partial charge in [-0.2, -0.15) is 0 Å². The van der Waals surface area contributed by atoms with Gasteiger partial charge in [-0.1, -0.05) is 6.07 Å². The topological polar surface area (TPSA) is 95.5 Å². The van der Waals surface area contributed by atoms with Gasteiger partial charge in [-0.15, -0.1) is 11.8 Å². The maximum atomic E-state index is 10.9. The predicted molar refractivity (Wildman–Crippen MR) is 60.2 cm³/mol. The van der Waals surface area contributed by atoms with Gasteiger partial charge in [-0.25, -0.2) is 0 Å². The van der Waals surface area contributed by atoms with Crippen LogP contribution in [-0.4, -0.2) is 23.8 Å². The highest BCUT2D eigenvalue weighted by Gasteiger charge is 2.18. The van der Waals surface area contributed by atoms with Gasteiger partial charge < -0.3 is 10.5 Å². The summed E-state index contributed by atoms with van der Waals surface area (Å²) in [4.78, 5) is 21.5. The summed E-state index contributed by atoms with van der Waals surface area (Å²) in [7, 11) is 1.26. The predicted octanol–water partition coefficient (Wildman–Crippen LogP) is 1.44. The minimum absolute atomic E-state index is 0.0147. The van der Waals surface area contributed by atoms with Crippen LogP contribution in [0.25, 0.3) is 0 Å².